The number of amides is 2. The zero-order valence-corrected chi connectivity index (χ0v) is 24.7. The summed E-state index contributed by atoms with van der Waals surface area (Å²) in [5.74, 6) is -0.172. The highest BCUT2D eigenvalue weighted by Gasteiger charge is 2.64. The minimum absolute atomic E-state index is 0.0876. The number of hydrogen-bond acceptors (Lipinski definition) is 4. The molecule has 5 nitrogen and oxygen atoms in total. The molecule has 2 aliphatic rings. The van der Waals surface area contributed by atoms with Gasteiger partial charge in [-0.25, -0.2) is 9.69 Å². The van der Waals surface area contributed by atoms with E-state index in [1.165, 1.54) is 17.0 Å². The summed E-state index contributed by atoms with van der Waals surface area (Å²) in [6.45, 7) is 6.33. The minimum Gasteiger partial charge on any atom is -0.489 e. The molecule has 1 saturated heterocycles. The van der Waals surface area contributed by atoms with Crippen molar-refractivity contribution in [2.24, 2.45) is 5.92 Å². The van der Waals surface area contributed by atoms with Crippen LogP contribution in [0.2, 0.25) is 0 Å². The number of carbonyl (C=O) groups excluding carboxylic acids is 2. The number of ether oxygens (including phenoxy) is 2. The number of rotatable bonds is 9. The van der Waals surface area contributed by atoms with E-state index in [1.807, 2.05) is 73.7 Å². The Balaban J connectivity index is 1.41. The average molecular weight is 612 g/mol. The summed E-state index contributed by atoms with van der Waals surface area (Å²) in [7, 11) is 0. The van der Waals surface area contributed by atoms with E-state index in [4.69, 9.17) is 9.47 Å². The summed E-state index contributed by atoms with van der Waals surface area (Å²) in [5.41, 5.74) is 2.57. The lowest BCUT2D eigenvalue weighted by molar-refractivity contribution is -0.137. The predicted octanol–water partition coefficient (Wildman–Crippen LogP) is 8.38. The molecule has 6 rings (SSSR count). The Bertz CT molecular complexity index is 1720. The van der Waals surface area contributed by atoms with Crippen LogP contribution in [0.25, 0.3) is 11.1 Å². The van der Waals surface area contributed by atoms with Crippen LogP contribution in [-0.2, 0) is 34.2 Å². The second-order valence-corrected chi connectivity index (χ2v) is 11.8. The highest BCUT2D eigenvalue weighted by atomic mass is 19.4. The molecule has 8 heteroatoms. The molecule has 1 aliphatic carbocycles. The van der Waals surface area contributed by atoms with Gasteiger partial charge in [0.25, 0.3) is 0 Å². The van der Waals surface area contributed by atoms with Gasteiger partial charge in [0.05, 0.1) is 17.0 Å². The molecule has 4 aromatic carbocycles. The van der Waals surface area contributed by atoms with Crippen LogP contribution >= 0.6 is 0 Å². The van der Waals surface area contributed by atoms with Crippen molar-refractivity contribution in [2.75, 3.05) is 6.61 Å². The zero-order chi connectivity index (χ0) is 31.8. The van der Waals surface area contributed by atoms with Gasteiger partial charge in [0.1, 0.15) is 19.0 Å². The van der Waals surface area contributed by atoms with Crippen molar-refractivity contribution in [1.29, 1.82) is 0 Å². The van der Waals surface area contributed by atoms with Crippen LogP contribution in [0.5, 0.6) is 5.75 Å². The maximum absolute atomic E-state index is 14.6. The minimum atomic E-state index is -4.47. The van der Waals surface area contributed by atoms with Crippen molar-refractivity contribution in [2.45, 2.75) is 44.0 Å². The number of halogens is 3. The summed E-state index contributed by atoms with van der Waals surface area (Å²) < 4.78 is 51.6. The van der Waals surface area contributed by atoms with Crippen LogP contribution in [0, 0.1) is 5.92 Å². The summed E-state index contributed by atoms with van der Waals surface area (Å²) >= 11 is 0. The Morgan fingerprint density at radius 3 is 2.18 bits per heavy atom. The highest BCUT2D eigenvalue weighted by Crippen LogP contribution is 2.60. The second-order valence-electron chi connectivity index (χ2n) is 11.8. The van der Waals surface area contributed by atoms with E-state index in [-0.39, 0.29) is 25.0 Å². The number of imide groups is 1. The molecule has 1 saturated carbocycles. The fourth-order valence-electron chi connectivity index (χ4n) is 6.20. The standard InChI is InChI=1S/C37H32F3NO4/c1-24(2)33-21-36(33,34(42)41-31(23-45-35(41)43)17-25-9-5-3-6-10-25)30-18-28(27-13-15-29(16-14-27)37(38,39)40)19-32(20-30)44-22-26-11-7-4-8-12-26/h3-16,18-20,31,33H,1,17,21-23H2,2H3/t31-,33-,36?/m1/s1. The van der Waals surface area contributed by atoms with E-state index in [1.54, 1.807) is 12.1 Å². The second kappa shape index (κ2) is 11.9. The van der Waals surface area contributed by atoms with Crippen molar-refractivity contribution in [3.63, 3.8) is 0 Å². The fraction of sp³-hybridized carbons (Fsp3) is 0.243. The molecule has 0 N–H and O–H groups in total. The molecule has 0 aromatic heterocycles. The van der Waals surface area contributed by atoms with Crippen molar-refractivity contribution in [1.82, 2.24) is 4.90 Å². The van der Waals surface area contributed by atoms with Crippen molar-refractivity contribution in [3.05, 3.63) is 138 Å². The van der Waals surface area contributed by atoms with Crippen LogP contribution in [0.15, 0.2) is 115 Å². The lowest BCUT2D eigenvalue weighted by atomic mass is 9.86. The Hall–Kier alpha value is -4.85. The predicted molar refractivity (Wildman–Crippen MR) is 164 cm³/mol. The summed E-state index contributed by atoms with van der Waals surface area (Å²) in [6, 6.07) is 28.9. The zero-order valence-electron chi connectivity index (χ0n) is 24.7. The maximum Gasteiger partial charge on any atom is 0.417 e. The van der Waals surface area contributed by atoms with Gasteiger partial charge in [0.15, 0.2) is 0 Å². The Morgan fingerprint density at radius 1 is 0.933 bits per heavy atom. The van der Waals surface area contributed by atoms with E-state index in [2.05, 4.69) is 6.58 Å². The topological polar surface area (TPSA) is 55.8 Å². The fourth-order valence-corrected chi connectivity index (χ4v) is 6.20. The van der Waals surface area contributed by atoms with E-state index in [0.29, 0.717) is 35.3 Å². The Morgan fingerprint density at radius 2 is 1.58 bits per heavy atom. The molecule has 0 spiro atoms. The van der Waals surface area contributed by atoms with Crippen molar-refractivity contribution in [3.8, 4) is 16.9 Å². The van der Waals surface area contributed by atoms with Crippen LogP contribution in [-0.4, -0.2) is 29.5 Å². The normalized spacial score (nSPS) is 20.9. The van der Waals surface area contributed by atoms with Gasteiger partial charge in [-0.15, -0.1) is 0 Å². The van der Waals surface area contributed by atoms with Gasteiger partial charge in [0, 0.05) is 0 Å². The first-order valence-electron chi connectivity index (χ1n) is 14.8. The van der Waals surface area contributed by atoms with Crippen LogP contribution in [0.4, 0.5) is 18.0 Å². The van der Waals surface area contributed by atoms with Crippen LogP contribution in [0.1, 0.15) is 35.6 Å². The Kier molecular flexibility index (Phi) is 7.99. The first-order valence-corrected chi connectivity index (χ1v) is 14.8. The number of nitrogens with zero attached hydrogens (tertiary/aromatic N) is 1. The Labute approximate surface area is 259 Å². The molecular formula is C37H32F3NO4. The summed E-state index contributed by atoms with van der Waals surface area (Å²) in [4.78, 5) is 28.9. The third-order valence-electron chi connectivity index (χ3n) is 8.65. The van der Waals surface area contributed by atoms with Crippen molar-refractivity contribution >= 4 is 12.0 Å². The quantitative estimate of drug-likeness (QED) is 0.179. The first kappa shape index (κ1) is 30.2. The first-order chi connectivity index (χ1) is 21.6. The van der Waals surface area contributed by atoms with Gasteiger partial charge in [-0.1, -0.05) is 84.9 Å². The molecule has 3 atom stereocenters. The molecule has 1 aliphatic heterocycles. The number of carbonyl (C=O) groups is 2. The maximum atomic E-state index is 14.6. The lowest BCUT2D eigenvalue weighted by Crippen LogP contribution is -2.46. The lowest BCUT2D eigenvalue weighted by Gasteiger charge is -2.27. The van der Waals surface area contributed by atoms with Gasteiger partial charge >= 0.3 is 12.3 Å². The molecule has 4 aromatic rings. The average Bonchev–Trinajstić information content (AvgIpc) is 3.72. The molecule has 2 fully saturated rings. The third-order valence-corrected chi connectivity index (χ3v) is 8.65. The number of allylic oxidation sites excluding steroid dienone is 1. The van der Waals surface area contributed by atoms with E-state index >= 15 is 0 Å². The molecule has 45 heavy (non-hydrogen) atoms. The van der Waals surface area contributed by atoms with Gasteiger partial charge in [0.2, 0.25) is 5.91 Å². The van der Waals surface area contributed by atoms with Gasteiger partial charge in [-0.2, -0.15) is 13.2 Å². The molecule has 2 amide bonds. The van der Waals surface area contributed by atoms with Gasteiger partial charge in [-0.3, -0.25) is 4.79 Å². The van der Waals surface area contributed by atoms with Crippen LogP contribution < -0.4 is 4.74 Å². The molecule has 230 valence electrons. The largest absolute Gasteiger partial charge is 0.489 e. The molecule has 1 unspecified atom stereocenters. The number of hydrogen-bond donors (Lipinski definition) is 0. The monoisotopic (exact) mass is 611 g/mol. The highest BCUT2D eigenvalue weighted by molar-refractivity contribution is 6.02. The van der Waals surface area contributed by atoms with Gasteiger partial charge < -0.3 is 9.47 Å². The molecular weight excluding hydrogens is 579 g/mol. The number of cyclic esters (lactones) is 1. The van der Waals surface area contributed by atoms with Gasteiger partial charge in [-0.05, 0) is 83.8 Å². The van der Waals surface area contributed by atoms with E-state index in [9.17, 15) is 22.8 Å². The summed E-state index contributed by atoms with van der Waals surface area (Å²) in [6.07, 6.45) is -4.28. The van der Waals surface area contributed by atoms with E-state index < -0.39 is 29.3 Å². The van der Waals surface area contributed by atoms with Crippen molar-refractivity contribution < 1.29 is 32.2 Å². The van der Waals surface area contributed by atoms with Crippen LogP contribution in [0.3, 0.4) is 0 Å². The number of benzene rings is 4. The molecule has 1 heterocycles. The summed E-state index contributed by atoms with van der Waals surface area (Å²) in [5, 5.41) is 0. The molecule has 0 bridgehead atoms. The molecule has 0 radical (unpaired) electrons. The van der Waals surface area contributed by atoms with E-state index in [0.717, 1.165) is 28.8 Å². The third kappa shape index (κ3) is 6.10. The SMILES string of the molecule is C=C(C)[C@H]1CC1(C(=O)N1C(=O)OC[C@H]1Cc1ccccc1)c1cc(OCc2ccccc2)cc(-c2ccc(C(F)(F)F)cc2)c1. The smallest absolute Gasteiger partial charge is 0.417 e. The number of alkyl halides is 3.